The minimum atomic E-state index is 0.499. The van der Waals surface area contributed by atoms with Crippen molar-refractivity contribution in [3.63, 3.8) is 0 Å². The lowest BCUT2D eigenvalue weighted by Gasteiger charge is -2.33. The Morgan fingerprint density at radius 2 is 1.96 bits per heavy atom. The molecular formula is C20H29N3O2. The molecule has 0 saturated carbocycles. The second-order valence-corrected chi connectivity index (χ2v) is 7.11. The second-order valence-electron chi connectivity index (χ2n) is 7.11. The summed E-state index contributed by atoms with van der Waals surface area (Å²) in [6.07, 6.45) is 4.39. The molecule has 3 rings (SSSR count). The van der Waals surface area contributed by atoms with E-state index in [0.29, 0.717) is 11.8 Å². The molecule has 1 atom stereocenters. The van der Waals surface area contributed by atoms with Crippen molar-refractivity contribution in [3.8, 4) is 11.5 Å². The predicted molar refractivity (Wildman–Crippen MR) is 99.5 cm³/mol. The van der Waals surface area contributed by atoms with Crippen LogP contribution in [0.25, 0.3) is 0 Å². The molecular weight excluding hydrogens is 314 g/mol. The first-order valence-corrected chi connectivity index (χ1v) is 9.09. The van der Waals surface area contributed by atoms with Gasteiger partial charge in [-0.3, -0.25) is 10.00 Å². The third-order valence-electron chi connectivity index (χ3n) is 5.15. The smallest absolute Gasteiger partial charge is 0.127 e. The van der Waals surface area contributed by atoms with Gasteiger partial charge in [0.1, 0.15) is 11.5 Å². The maximum atomic E-state index is 5.56. The van der Waals surface area contributed by atoms with Crippen molar-refractivity contribution in [2.45, 2.75) is 45.1 Å². The maximum absolute atomic E-state index is 5.56. The van der Waals surface area contributed by atoms with Crippen LogP contribution in [0.2, 0.25) is 0 Å². The maximum Gasteiger partial charge on any atom is 0.127 e. The van der Waals surface area contributed by atoms with Crippen molar-refractivity contribution < 1.29 is 9.47 Å². The summed E-state index contributed by atoms with van der Waals surface area (Å²) in [7, 11) is 3.44. The summed E-state index contributed by atoms with van der Waals surface area (Å²) in [5.74, 6) is 2.80. The minimum absolute atomic E-state index is 0.499. The number of H-pyrrole nitrogens is 1. The zero-order valence-electron chi connectivity index (χ0n) is 15.7. The van der Waals surface area contributed by atoms with E-state index in [0.717, 1.165) is 36.7 Å². The molecule has 5 nitrogen and oxygen atoms in total. The molecule has 0 amide bonds. The van der Waals surface area contributed by atoms with Crippen LogP contribution in [0.3, 0.4) is 0 Å². The number of likely N-dealkylation sites (tertiary alicyclic amines) is 1. The largest absolute Gasteiger partial charge is 0.496 e. The van der Waals surface area contributed by atoms with Gasteiger partial charge in [0.25, 0.3) is 0 Å². The molecule has 2 aromatic rings. The summed E-state index contributed by atoms with van der Waals surface area (Å²) in [6, 6.07) is 5.98. The van der Waals surface area contributed by atoms with Gasteiger partial charge < -0.3 is 9.47 Å². The summed E-state index contributed by atoms with van der Waals surface area (Å²) < 4.78 is 11.1. The van der Waals surface area contributed by atoms with Crippen LogP contribution >= 0.6 is 0 Å². The van der Waals surface area contributed by atoms with Gasteiger partial charge in [0.2, 0.25) is 0 Å². The number of methoxy groups -OCH3 is 2. The highest BCUT2D eigenvalue weighted by Gasteiger charge is 2.26. The lowest BCUT2D eigenvalue weighted by Crippen LogP contribution is -2.34. The van der Waals surface area contributed by atoms with E-state index in [1.165, 1.54) is 24.1 Å². The molecule has 0 aliphatic carbocycles. The van der Waals surface area contributed by atoms with Gasteiger partial charge in [0, 0.05) is 24.7 Å². The van der Waals surface area contributed by atoms with E-state index in [4.69, 9.17) is 9.47 Å². The molecule has 1 aromatic carbocycles. The van der Waals surface area contributed by atoms with Crippen molar-refractivity contribution in [2.24, 2.45) is 0 Å². The van der Waals surface area contributed by atoms with Gasteiger partial charge in [0.05, 0.1) is 26.0 Å². The minimum Gasteiger partial charge on any atom is -0.496 e. The number of aromatic nitrogens is 2. The molecule has 136 valence electrons. The SMILES string of the molecule is COc1cccc(OC)c1CN1CCC[C@H](c2[nH]ncc2C(C)C)C1. The van der Waals surface area contributed by atoms with Crippen molar-refractivity contribution in [2.75, 3.05) is 27.3 Å². The Morgan fingerprint density at radius 1 is 1.24 bits per heavy atom. The molecule has 0 unspecified atom stereocenters. The van der Waals surface area contributed by atoms with E-state index in [9.17, 15) is 0 Å². The fourth-order valence-electron chi connectivity index (χ4n) is 3.83. The number of ether oxygens (including phenoxy) is 2. The molecule has 5 heteroatoms. The Labute approximate surface area is 150 Å². The van der Waals surface area contributed by atoms with Crippen molar-refractivity contribution >= 4 is 0 Å². The van der Waals surface area contributed by atoms with Crippen LogP contribution in [0, 0.1) is 0 Å². The number of hydrogen-bond donors (Lipinski definition) is 1. The Hall–Kier alpha value is -2.01. The highest BCUT2D eigenvalue weighted by molar-refractivity contribution is 5.44. The van der Waals surface area contributed by atoms with E-state index >= 15 is 0 Å². The predicted octanol–water partition coefficient (Wildman–Crippen LogP) is 3.93. The number of nitrogens with zero attached hydrogens (tertiary/aromatic N) is 2. The highest BCUT2D eigenvalue weighted by Crippen LogP contribution is 2.34. The highest BCUT2D eigenvalue weighted by atomic mass is 16.5. The van der Waals surface area contributed by atoms with E-state index < -0.39 is 0 Å². The average Bonchev–Trinajstić information content (AvgIpc) is 3.12. The zero-order chi connectivity index (χ0) is 17.8. The van der Waals surface area contributed by atoms with Gasteiger partial charge in [-0.15, -0.1) is 0 Å². The molecule has 0 bridgehead atoms. The topological polar surface area (TPSA) is 50.4 Å². The summed E-state index contributed by atoms with van der Waals surface area (Å²) in [5, 5.41) is 7.56. The van der Waals surface area contributed by atoms with E-state index in [1.807, 2.05) is 24.4 Å². The molecule has 1 N–H and O–H groups in total. The van der Waals surface area contributed by atoms with E-state index in [2.05, 4.69) is 28.9 Å². The lowest BCUT2D eigenvalue weighted by atomic mass is 9.89. The normalized spacial score (nSPS) is 18.5. The number of piperidine rings is 1. The Morgan fingerprint density at radius 3 is 2.60 bits per heavy atom. The second kappa shape index (κ2) is 7.91. The first-order chi connectivity index (χ1) is 12.1. The third kappa shape index (κ3) is 3.82. The van der Waals surface area contributed by atoms with Crippen LogP contribution in [0.4, 0.5) is 0 Å². The first-order valence-electron chi connectivity index (χ1n) is 9.09. The monoisotopic (exact) mass is 343 g/mol. The van der Waals surface area contributed by atoms with Gasteiger partial charge >= 0.3 is 0 Å². The number of benzene rings is 1. The lowest BCUT2D eigenvalue weighted by molar-refractivity contribution is 0.193. The summed E-state index contributed by atoms with van der Waals surface area (Å²) in [4.78, 5) is 2.50. The summed E-state index contributed by atoms with van der Waals surface area (Å²) >= 11 is 0. The van der Waals surface area contributed by atoms with E-state index in [1.54, 1.807) is 14.2 Å². The molecule has 0 spiro atoms. The van der Waals surface area contributed by atoms with Gasteiger partial charge in [-0.05, 0) is 43.0 Å². The molecule has 25 heavy (non-hydrogen) atoms. The Kier molecular flexibility index (Phi) is 5.63. The zero-order valence-corrected chi connectivity index (χ0v) is 15.7. The Balaban J connectivity index is 1.78. The molecule has 1 aliphatic rings. The van der Waals surface area contributed by atoms with E-state index in [-0.39, 0.29) is 0 Å². The standard InChI is InChI=1S/C20H29N3O2/c1-14(2)16-11-21-22-20(16)15-7-6-10-23(12-15)13-17-18(24-3)8-5-9-19(17)25-4/h5,8-9,11,14-15H,6-7,10,12-13H2,1-4H3,(H,21,22)/t15-/m0/s1. The fourth-order valence-corrected chi connectivity index (χ4v) is 3.83. The number of hydrogen-bond acceptors (Lipinski definition) is 4. The van der Waals surface area contributed by atoms with Crippen LogP contribution < -0.4 is 9.47 Å². The van der Waals surface area contributed by atoms with Crippen molar-refractivity contribution in [3.05, 3.63) is 41.2 Å². The van der Waals surface area contributed by atoms with Gasteiger partial charge in [-0.1, -0.05) is 19.9 Å². The van der Waals surface area contributed by atoms with Crippen LogP contribution in [0.1, 0.15) is 55.3 Å². The molecule has 1 aliphatic heterocycles. The molecule has 0 radical (unpaired) electrons. The molecule has 2 heterocycles. The number of aromatic amines is 1. The van der Waals surface area contributed by atoms with Gasteiger partial charge in [-0.25, -0.2) is 0 Å². The van der Waals surface area contributed by atoms with Crippen LogP contribution in [-0.2, 0) is 6.54 Å². The van der Waals surface area contributed by atoms with Crippen LogP contribution in [-0.4, -0.2) is 42.4 Å². The molecule has 1 fully saturated rings. The quantitative estimate of drug-likeness (QED) is 0.863. The molecule has 1 aromatic heterocycles. The third-order valence-corrected chi connectivity index (χ3v) is 5.15. The number of rotatable bonds is 6. The average molecular weight is 343 g/mol. The van der Waals surface area contributed by atoms with Crippen molar-refractivity contribution in [1.29, 1.82) is 0 Å². The van der Waals surface area contributed by atoms with Gasteiger partial charge in [0.15, 0.2) is 0 Å². The Bertz CT molecular complexity index is 674. The van der Waals surface area contributed by atoms with Crippen LogP contribution in [0.5, 0.6) is 11.5 Å². The summed E-state index contributed by atoms with van der Waals surface area (Å²) in [6.45, 7) is 7.43. The van der Waals surface area contributed by atoms with Gasteiger partial charge in [-0.2, -0.15) is 5.10 Å². The molecule has 1 saturated heterocycles. The first kappa shape index (κ1) is 17.8. The fraction of sp³-hybridized carbons (Fsp3) is 0.550. The summed E-state index contributed by atoms with van der Waals surface area (Å²) in [5.41, 5.74) is 3.79. The van der Waals surface area contributed by atoms with Crippen LogP contribution in [0.15, 0.2) is 24.4 Å². The number of nitrogens with one attached hydrogen (secondary N) is 1. The van der Waals surface area contributed by atoms with Crippen molar-refractivity contribution in [1.82, 2.24) is 15.1 Å².